The normalized spacial score (nSPS) is 28.2. The minimum absolute atomic E-state index is 0.202. The number of rotatable bonds is 11. The summed E-state index contributed by atoms with van der Waals surface area (Å²) in [4.78, 5) is 0. The van der Waals surface area contributed by atoms with E-state index in [0.29, 0.717) is 12.7 Å². The molecule has 0 aliphatic carbocycles. The van der Waals surface area contributed by atoms with Gasteiger partial charge in [0.2, 0.25) is 0 Å². The molecule has 2 aliphatic rings. The van der Waals surface area contributed by atoms with Gasteiger partial charge in [0.05, 0.1) is 18.8 Å². The van der Waals surface area contributed by atoms with Crippen LogP contribution in [0.2, 0.25) is 0 Å². The molecule has 2 saturated heterocycles. The van der Waals surface area contributed by atoms with Crippen molar-refractivity contribution in [3.8, 4) is 0 Å². The highest BCUT2D eigenvalue weighted by atomic mass is 16.7. The lowest BCUT2D eigenvalue weighted by atomic mass is 9.91. The number of hydrogen-bond donors (Lipinski definition) is 1. The number of hydrogen-bond acceptors (Lipinski definition) is 4. The number of aliphatic hydroxyl groups is 1. The van der Waals surface area contributed by atoms with Gasteiger partial charge in [0.25, 0.3) is 0 Å². The van der Waals surface area contributed by atoms with Crippen molar-refractivity contribution in [1.82, 2.24) is 0 Å². The Hall–Kier alpha value is -1.20. The molecular weight excluding hydrogens is 376 g/mol. The van der Waals surface area contributed by atoms with Gasteiger partial charge in [-0.2, -0.15) is 0 Å². The van der Waals surface area contributed by atoms with Gasteiger partial charge in [0.15, 0.2) is 5.79 Å². The third-order valence-electron chi connectivity index (χ3n) is 6.26. The molecule has 1 spiro atoms. The highest BCUT2D eigenvalue weighted by Crippen LogP contribution is 2.40. The second kappa shape index (κ2) is 12.6. The van der Waals surface area contributed by atoms with Crippen molar-refractivity contribution in [2.45, 2.75) is 95.7 Å². The Labute approximate surface area is 182 Å². The largest absolute Gasteiger partial charge is 0.396 e. The lowest BCUT2D eigenvalue weighted by molar-refractivity contribution is -0.314. The Morgan fingerprint density at radius 1 is 1.10 bits per heavy atom. The van der Waals surface area contributed by atoms with Crippen LogP contribution in [0, 0.1) is 5.92 Å². The average Bonchev–Trinajstić information content (AvgIpc) is 2.77. The standard InChI is InChI=1S/C26H40O4/c1-22(20-27)10-7-14-25-16-9-18-26(30-25)17-8-15-24(29-26)13-5-6-19-28-21-23-11-3-2-4-12-23/h2-4,7,10-12,22,24-25,27H,5-6,8-9,13-21H2,1H3/b10-7+/t22-,24+,25+,26-/m0/s1. The Bertz CT molecular complexity index is 613. The molecule has 2 heterocycles. The summed E-state index contributed by atoms with van der Waals surface area (Å²) in [6, 6.07) is 10.4. The summed E-state index contributed by atoms with van der Waals surface area (Å²) in [7, 11) is 0. The van der Waals surface area contributed by atoms with Gasteiger partial charge < -0.3 is 19.3 Å². The van der Waals surface area contributed by atoms with Crippen LogP contribution in [-0.4, -0.2) is 36.3 Å². The molecule has 0 saturated carbocycles. The van der Waals surface area contributed by atoms with E-state index in [2.05, 4.69) is 36.4 Å². The fourth-order valence-corrected chi connectivity index (χ4v) is 4.55. The third-order valence-corrected chi connectivity index (χ3v) is 6.26. The molecule has 3 rings (SSSR count). The van der Waals surface area contributed by atoms with Crippen LogP contribution in [0.4, 0.5) is 0 Å². The molecule has 30 heavy (non-hydrogen) atoms. The Kier molecular flexibility index (Phi) is 9.86. The zero-order valence-electron chi connectivity index (χ0n) is 18.6. The second-order valence-corrected chi connectivity index (χ2v) is 9.03. The molecule has 4 heteroatoms. The van der Waals surface area contributed by atoms with E-state index in [9.17, 15) is 0 Å². The quantitative estimate of drug-likeness (QED) is 0.367. The molecule has 0 bridgehead atoms. The average molecular weight is 417 g/mol. The molecule has 1 N–H and O–H groups in total. The zero-order valence-corrected chi connectivity index (χ0v) is 18.6. The van der Waals surface area contributed by atoms with Crippen molar-refractivity contribution in [2.24, 2.45) is 5.92 Å². The second-order valence-electron chi connectivity index (χ2n) is 9.03. The smallest absolute Gasteiger partial charge is 0.169 e. The molecule has 0 radical (unpaired) electrons. The first-order valence-electron chi connectivity index (χ1n) is 11.9. The fourth-order valence-electron chi connectivity index (χ4n) is 4.55. The highest BCUT2D eigenvalue weighted by Gasteiger charge is 2.41. The summed E-state index contributed by atoms with van der Waals surface area (Å²) >= 11 is 0. The maximum atomic E-state index is 9.16. The molecule has 2 fully saturated rings. The van der Waals surface area contributed by atoms with E-state index in [1.165, 1.54) is 18.4 Å². The summed E-state index contributed by atoms with van der Waals surface area (Å²) in [5.74, 6) is -0.138. The van der Waals surface area contributed by atoms with Gasteiger partial charge in [0, 0.05) is 26.1 Å². The maximum Gasteiger partial charge on any atom is 0.169 e. The molecule has 4 nitrogen and oxygen atoms in total. The minimum atomic E-state index is -0.355. The predicted octanol–water partition coefficient (Wildman–Crippen LogP) is 5.78. The lowest BCUT2D eigenvalue weighted by Crippen LogP contribution is -2.47. The summed E-state index contributed by atoms with van der Waals surface area (Å²) in [5.41, 5.74) is 1.24. The van der Waals surface area contributed by atoms with E-state index in [-0.39, 0.29) is 24.4 Å². The number of aliphatic hydroxyl groups excluding tert-OH is 1. The highest BCUT2D eigenvalue weighted by molar-refractivity contribution is 5.13. The fraction of sp³-hybridized carbons (Fsp3) is 0.692. The van der Waals surface area contributed by atoms with Crippen molar-refractivity contribution in [3.63, 3.8) is 0 Å². The lowest BCUT2D eigenvalue weighted by Gasteiger charge is -2.46. The van der Waals surface area contributed by atoms with Crippen LogP contribution in [-0.2, 0) is 20.8 Å². The van der Waals surface area contributed by atoms with E-state index in [4.69, 9.17) is 19.3 Å². The van der Waals surface area contributed by atoms with Gasteiger partial charge in [-0.1, -0.05) is 49.4 Å². The number of ether oxygens (including phenoxy) is 3. The van der Waals surface area contributed by atoms with Gasteiger partial charge >= 0.3 is 0 Å². The molecule has 0 unspecified atom stereocenters. The van der Waals surface area contributed by atoms with E-state index in [0.717, 1.165) is 58.0 Å². The van der Waals surface area contributed by atoms with Gasteiger partial charge in [-0.15, -0.1) is 0 Å². The number of benzene rings is 1. The summed E-state index contributed by atoms with van der Waals surface area (Å²) < 4.78 is 18.8. The van der Waals surface area contributed by atoms with Crippen molar-refractivity contribution in [3.05, 3.63) is 48.0 Å². The first-order valence-corrected chi connectivity index (χ1v) is 11.9. The molecule has 2 aliphatic heterocycles. The van der Waals surface area contributed by atoms with E-state index in [1.54, 1.807) is 0 Å². The van der Waals surface area contributed by atoms with Crippen LogP contribution in [0.1, 0.15) is 76.7 Å². The first kappa shape index (κ1) is 23.5. The summed E-state index contributed by atoms with van der Waals surface area (Å²) in [6.45, 7) is 3.74. The van der Waals surface area contributed by atoms with E-state index >= 15 is 0 Å². The molecule has 1 aromatic rings. The Morgan fingerprint density at radius 2 is 1.83 bits per heavy atom. The Morgan fingerprint density at radius 3 is 2.60 bits per heavy atom. The van der Waals surface area contributed by atoms with Gasteiger partial charge in [0.1, 0.15) is 0 Å². The minimum Gasteiger partial charge on any atom is -0.396 e. The topological polar surface area (TPSA) is 47.9 Å². The predicted molar refractivity (Wildman–Crippen MR) is 120 cm³/mol. The van der Waals surface area contributed by atoms with Crippen molar-refractivity contribution >= 4 is 0 Å². The molecule has 1 aromatic carbocycles. The molecule has 0 amide bonds. The van der Waals surface area contributed by atoms with Crippen molar-refractivity contribution < 1.29 is 19.3 Å². The monoisotopic (exact) mass is 416 g/mol. The maximum absolute atomic E-state index is 9.16. The van der Waals surface area contributed by atoms with Crippen LogP contribution in [0.5, 0.6) is 0 Å². The van der Waals surface area contributed by atoms with Gasteiger partial charge in [-0.25, -0.2) is 0 Å². The molecular formula is C26H40O4. The van der Waals surface area contributed by atoms with Gasteiger partial charge in [-0.05, 0) is 62.8 Å². The van der Waals surface area contributed by atoms with Crippen LogP contribution >= 0.6 is 0 Å². The van der Waals surface area contributed by atoms with Crippen molar-refractivity contribution in [1.29, 1.82) is 0 Å². The molecule has 168 valence electrons. The third kappa shape index (κ3) is 7.81. The van der Waals surface area contributed by atoms with Crippen LogP contribution in [0.3, 0.4) is 0 Å². The van der Waals surface area contributed by atoms with Crippen LogP contribution in [0.15, 0.2) is 42.5 Å². The van der Waals surface area contributed by atoms with Crippen molar-refractivity contribution in [2.75, 3.05) is 13.2 Å². The first-order chi connectivity index (χ1) is 14.7. The van der Waals surface area contributed by atoms with E-state index in [1.807, 2.05) is 13.0 Å². The molecule has 4 atom stereocenters. The summed E-state index contributed by atoms with van der Waals surface area (Å²) in [6.07, 6.45) is 15.7. The van der Waals surface area contributed by atoms with Crippen LogP contribution < -0.4 is 0 Å². The Balaban J connectivity index is 1.34. The number of unbranched alkanes of at least 4 members (excludes halogenated alkanes) is 1. The van der Waals surface area contributed by atoms with E-state index < -0.39 is 0 Å². The SMILES string of the molecule is C[C@@H](/C=C/C[C@@H]1CCC[C@]2(CCC[C@@H](CCCCOCc3ccccc3)O2)O1)CO. The van der Waals surface area contributed by atoms with Crippen LogP contribution in [0.25, 0.3) is 0 Å². The molecule has 0 aromatic heterocycles. The van der Waals surface area contributed by atoms with Gasteiger partial charge in [-0.3, -0.25) is 0 Å². The zero-order chi connectivity index (χ0) is 21.1. The summed E-state index contributed by atoms with van der Waals surface area (Å²) in [5, 5.41) is 9.16.